The molecule has 2 aliphatic rings. The number of carbonyl (C=O) groups excluding carboxylic acids is 1. The highest BCUT2D eigenvalue weighted by Crippen LogP contribution is 2.26. The van der Waals surface area contributed by atoms with Crippen molar-refractivity contribution in [1.82, 2.24) is 19.7 Å². The lowest BCUT2D eigenvalue weighted by atomic mass is 9.92. The number of ether oxygens (including phenoxy) is 1. The molecule has 7 nitrogen and oxygen atoms in total. The van der Waals surface area contributed by atoms with E-state index >= 15 is 0 Å². The van der Waals surface area contributed by atoms with E-state index in [4.69, 9.17) is 4.74 Å². The van der Waals surface area contributed by atoms with E-state index in [9.17, 15) is 4.79 Å². The first kappa shape index (κ1) is 23.7. The third kappa shape index (κ3) is 5.64. The number of rotatable bonds is 8. The third-order valence-electron chi connectivity index (χ3n) is 6.88. The monoisotopic (exact) mass is 491 g/mol. The highest BCUT2D eigenvalue weighted by Gasteiger charge is 2.22. The van der Waals surface area contributed by atoms with Gasteiger partial charge in [0.15, 0.2) is 11.0 Å². The van der Waals surface area contributed by atoms with E-state index in [0.29, 0.717) is 12.4 Å². The number of hydrogen-bond acceptors (Lipinski definition) is 6. The molecule has 2 aromatic carbocycles. The van der Waals surface area contributed by atoms with Crippen LogP contribution in [0.25, 0.3) is 0 Å². The SMILES string of the molecule is CCn1c(COc2ccc3c(c2)CCCC3)nnc1SCC(=O)N1CCN(c2ccccc2)CC1. The molecule has 8 heteroatoms. The molecule has 0 unspecified atom stereocenters. The van der Waals surface area contributed by atoms with Crippen LogP contribution in [0.3, 0.4) is 0 Å². The number of hydrogen-bond donors (Lipinski definition) is 0. The van der Waals surface area contributed by atoms with E-state index in [2.05, 4.69) is 64.5 Å². The lowest BCUT2D eigenvalue weighted by Gasteiger charge is -2.36. The smallest absolute Gasteiger partial charge is 0.233 e. The Kier molecular flexibility index (Phi) is 7.57. The summed E-state index contributed by atoms with van der Waals surface area (Å²) in [6.07, 6.45) is 4.83. The number of thioether (sulfide) groups is 1. The predicted molar refractivity (Wildman–Crippen MR) is 139 cm³/mol. The molecular formula is C27H33N5O2S. The van der Waals surface area contributed by atoms with E-state index in [0.717, 1.165) is 55.9 Å². The Bertz CT molecular complexity index is 1140. The second-order valence-corrected chi connectivity index (χ2v) is 10.0. The van der Waals surface area contributed by atoms with E-state index in [1.165, 1.54) is 47.8 Å². The van der Waals surface area contributed by atoms with Crippen LogP contribution in [0, 0.1) is 0 Å². The number of aromatic nitrogens is 3. The zero-order valence-corrected chi connectivity index (χ0v) is 21.2. The van der Waals surface area contributed by atoms with E-state index in [1.807, 2.05) is 15.5 Å². The Labute approximate surface area is 211 Å². The number of amides is 1. The molecule has 1 aliphatic heterocycles. The third-order valence-corrected chi connectivity index (χ3v) is 7.83. The summed E-state index contributed by atoms with van der Waals surface area (Å²) in [5, 5.41) is 9.49. The largest absolute Gasteiger partial charge is 0.486 e. The van der Waals surface area contributed by atoms with Crippen LogP contribution in [-0.2, 0) is 30.8 Å². The van der Waals surface area contributed by atoms with Gasteiger partial charge in [-0.3, -0.25) is 4.79 Å². The molecular weight excluding hydrogens is 458 g/mol. The molecule has 0 atom stereocenters. The molecule has 35 heavy (non-hydrogen) atoms. The Morgan fingerprint density at radius 3 is 2.51 bits per heavy atom. The summed E-state index contributed by atoms with van der Waals surface area (Å²) in [7, 11) is 0. The average molecular weight is 492 g/mol. The minimum absolute atomic E-state index is 0.153. The molecule has 5 rings (SSSR count). The molecule has 0 bridgehead atoms. The van der Waals surface area contributed by atoms with Crippen molar-refractivity contribution in [3.05, 3.63) is 65.5 Å². The fourth-order valence-electron chi connectivity index (χ4n) is 4.87. The van der Waals surface area contributed by atoms with Crippen LogP contribution < -0.4 is 9.64 Å². The number of anilines is 1. The molecule has 3 aromatic rings. The lowest BCUT2D eigenvalue weighted by molar-refractivity contribution is -0.128. The van der Waals surface area contributed by atoms with Gasteiger partial charge in [0, 0.05) is 38.4 Å². The summed E-state index contributed by atoms with van der Waals surface area (Å²) in [6.45, 7) is 6.38. The van der Waals surface area contributed by atoms with Gasteiger partial charge in [0.1, 0.15) is 12.4 Å². The van der Waals surface area contributed by atoms with Crippen molar-refractivity contribution in [1.29, 1.82) is 0 Å². The van der Waals surface area contributed by atoms with Crippen molar-refractivity contribution >= 4 is 23.4 Å². The first-order valence-corrected chi connectivity index (χ1v) is 13.6. The summed E-state index contributed by atoms with van der Waals surface area (Å²) < 4.78 is 8.11. The Morgan fingerprint density at radius 2 is 1.74 bits per heavy atom. The maximum atomic E-state index is 12.9. The normalized spacial score (nSPS) is 15.7. The first-order chi connectivity index (χ1) is 17.2. The number of fused-ring (bicyclic) bond motifs is 1. The molecule has 1 saturated heterocycles. The highest BCUT2D eigenvalue weighted by molar-refractivity contribution is 7.99. The van der Waals surface area contributed by atoms with Crippen LogP contribution in [0.1, 0.15) is 36.7 Å². The molecule has 1 amide bonds. The summed E-state index contributed by atoms with van der Waals surface area (Å²) in [5.41, 5.74) is 4.07. The van der Waals surface area contributed by atoms with Gasteiger partial charge >= 0.3 is 0 Å². The van der Waals surface area contributed by atoms with Gasteiger partial charge in [-0.05, 0) is 68.0 Å². The van der Waals surface area contributed by atoms with Gasteiger partial charge in [0.05, 0.1) is 5.75 Å². The number of nitrogens with zero attached hydrogens (tertiary/aromatic N) is 5. The zero-order chi connectivity index (χ0) is 24.0. The number of carbonyl (C=O) groups is 1. The van der Waals surface area contributed by atoms with E-state index < -0.39 is 0 Å². The van der Waals surface area contributed by atoms with Gasteiger partial charge in [-0.25, -0.2) is 0 Å². The van der Waals surface area contributed by atoms with E-state index in [1.54, 1.807) is 0 Å². The van der Waals surface area contributed by atoms with Crippen molar-refractivity contribution in [3.8, 4) is 5.75 Å². The summed E-state index contributed by atoms with van der Waals surface area (Å²) in [5.74, 6) is 2.20. The minimum atomic E-state index is 0.153. The second-order valence-electron chi connectivity index (χ2n) is 9.06. The number of piperazine rings is 1. The lowest BCUT2D eigenvalue weighted by Crippen LogP contribution is -2.49. The minimum Gasteiger partial charge on any atom is -0.486 e. The van der Waals surface area contributed by atoms with Gasteiger partial charge in [-0.1, -0.05) is 36.0 Å². The molecule has 0 saturated carbocycles. The fourth-order valence-corrected chi connectivity index (χ4v) is 5.79. The first-order valence-electron chi connectivity index (χ1n) is 12.6. The van der Waals surface area contributed by atoms with Crippen molar-refractivity contribution in [3.63, 3.8) is 0 Å². The maximum absolute atomic E-state index is 12.9. The number of aryl methyl sites for hydroxylation is 2. The molecule has 1 aromatic heterocycles. The van der Waals surface area contributed by atoms with Crippen LogP contribution in [-0.4, -0.2) is 57.5 Å². The second kappa shape index (κ2) is 11.2. The van der Waals surface area contributed by atoms with Gasteiger partial charge in [-0.2, -0.15) is 0 Å². The van der Waals surface area contributed by atoms with Gasteiger partial charge < -0.3 is 19.1 Å². The Morgan fingerprint density at radius 1 is 0.971 bits per heavy atom. The molecule has 0 spiro atoms. The van der Waals surface area contributed by atoms with Crippen molar-refractivity contribution in [2.24, 2.45) is 0 Å². The molecule has 1 aliphatic carbocycles. The average Bonchev–Trinajstić information content (AvgIpc) is 3.32. The highest BCUT2D eigenvalue weighted by atomic mass is 32.2. The molecule has 2 heterocycles. The standard InChI is InChI=1S/C27H33N5O2S/c1-2-32-25(19-34-24-13-12-21-8-6-7-9-22(21)18-24)28-29-27(32)35-20-26(33)31-16-14-30(15-17-31)23-10-4-3-5-11-23/h3-5,10-13,18H,2,6-9,14-17,19-20H2,1H3. The van der Waals surface area contributed by atoms with Crippen LogP contribution in [0.4, 0.5) is 5.69 Å². The Balaban J connectivity index is 1.13. The van der Waals surface area contributed by atoms with Crippen LogP contribution in [0.2, 0.25) is 0 Å². The summed E-state index contributed by atoms with van der Waals surface area (Å²) in [6, 6.07) is 16.8. The van der Waals surface area contributed by atoms with Crippen molar-refractivity contribution in [2.45, 2.75) is 50.9 Å². The molecule has 1 fully saturated rings. The fraction of sp³-hybridized carbons (Fsp3) is 0.444. The van der Waals surface area contributed by atoms with E-state index in [-0.39, 0.29) is 5.91 Å². The topological polar surface area (TPSA) is 63.5 Å². The van der Waals surface area contributed by atoms with Crippen LogP contribution >= 0.6 is 11.8 Å². The number of benzene rings is 2. The molecule has 0 radical (unpaired) electrons. The summed E-state index contributed by atoms with van der Waals surface area (Å²) in [4.78, 5) is 17.1. The van der Waals surface area contributed by atoms with Gasteiger partial charge in [0.2, 0.25) is 5.91 Å². The molecule has 184 valence electrons. The predicted octanol–water partition coefficient (Wildman–Crippen LogP) is 4.20. The van der Waals surface area contributed by atoms with Crippen molar-refractivity contribution in [2.75, 3.05) is 36.8 Å². The van der Waals surface area contributed by atoms with Gasteiger partial charge in [0.25, 0.3) is 0 Å². The van der Waals surface area contributed by atoms with Crippen molar-refractivity contribution < 1.29 is 9.53 Å². The zero-order valence-electron chi connectivity index (χ0n) is 20.4. The quantitative estimate of drug-likeness (QED) is 0.440. The maximum Gasteiger partial charge on any atom is 0.233 e. The van der Waals surface area contributed by atoms with Gasteiger partial charge in [-0.15, -0.1) is 10.2 Å². The van der Waals surface area contributed by atoms with Crippen LogP contribution in [0.15, 0.2) is 53.7 Å². The summed E-state index contributed by atoms with van der Waals surface area (Å²) >= 11 is 1.46. The molecule has 0 N–H and O–H groups in total. The number of para-hydroxylation sites is 1. The van der Waals surface area contributed by atoms with Crippen LogP contribution in [0.5, 0.6) is 5.75 Å². The Hall–Kier alpha value is -3.00.